The second-order valence-electron chi connectivity index (χ2n) is 3.52. The molecule has 0 atom stereocenters. The third kappa shape index (κ3) is 3.15. The molecule has 0 saturated carbocycles. The van der Waals surface area contributed by atoms with Crippen LogP contribution in [0, 0.1) is 5.92 Å². The Morgan fingerprint density at radius 2 is 1.43 bits per heavy atom. The zero-order valence-corrected chi connectivity index (χ0v) is 10.3. The normalized spacial score (nSPS) is 13.3. The van der Waals surface area contributed by atoms with Crippen molar-refractivity contribution in [2.24, 2.45) is 5.92 Å². The molecule has 0 unspecified atom stereocenters. The van der Waals surface area contributed by atoms with Gasteiger partial charge in [0.2, 0.25) is 0 Å². The minimum atomic E-state index is 0.688. The van der Waals surface area contributed by atoms with Crippen LogP contribution in [0.15, 0.2) is 0 Å². The Labute approximate surface area is 54.9 Å². The third-order valence-electron chi connectivity index (χ3n) is 1.73. The van der Waals surface area contributed by atoms with Crippen molar-refractivity contribution in [3.05, 3.63) is 0 Å². The zero-order chi connectivity index (χ0) is 6.08. The summed E-state index contributed by atoms with van der Waals surface area (Å²) in [5, 5.41) is 0. The van der Waals surface area contributed by atoms with Gasteiger partial charge in [-0.2, -0.15) is 0 Å². The van der Waals surface area contributed by atoms with E-state index in [2.05, 4.69) is 27.7 Å². The first-order valence-corrected chi connectivity index (χ1v) is 5.04. The first-order chi connectivity index (χ1) is 2.94. The predicted octanol–water partition coefficient (Wildman–Crippen LogP) is 1.21. The summed E-state index contributed by atoms with van der Waals surface area (Å²) in [6.07, 6.45) is 0. The van der Waals surface area contributed by atoms with Crippen molar-refractivity contribution in [3.8, 4) is 0 Å². The van der Waals surface area contributed by atoms with E-state index in [0.717, 1.165) is 22.4 Å². The SMILES string of the molecule is CC(C)[C](C)(C)[GeH3]. The quantitative estimate of drug-likeness (QED) is 0.506. The fraction of sp³-hybridized carbons (Fsp3) is 1.00. The molecule has 0 heterocycles. The third-order valence-corrected chi connectivity index (χ3v) is 4.15. The summed E-state index contributed by atoms with van der Waals surface area (Å²) in [4.78, 5) is 0. The molecule has 0 aromatic carbocycles. The summed E-state index contributed by atoms with van der Waals surface area (Å²) in [6, 6.07) is 0. The maximum atomic E-state index is 2.34. The zero-order valence-electron chi connectivity index (χ0n) is 6.08. The maximum absolute atomic E-state index is 2.34. The van der Waals surface area contributed by atoms with Gasteiger partial charge in [-0.1, -0.05) is 0 Å². The Bertz CT molecular complexity index is 49.7. The van der Waals surface area contributed by atoms with E-state index < -0.39 is 0 Å². The van der Waals surface area contributed by atoms with Gasteiger partial charge < -0.3 is 0 Å². The van der Waals surface area contributed by atoms with Crippen molar-refractivity contribution >= 4 is 16.5 Å². The molecule has 0 nitrogen and oxygen atoms in total. The van der Waals surface area contributed by atoms with Crippen molar-refractivity contribution in [1.82, 2.24) is 0 Å². The van der Waals surface area contributed by atoms with E-state index in [4.69, 9.17) is 0 Å². The molecule has 0 aliphatic carbocycles. The molecule has 0 aliphatic rings. The molecule has 7 heavy (non-hydrogen) atoms. The average Bonchev–Trinajstić information content (AvgIpc) is 1.31. The van der Waals surface area contributed by atoms with Gasteiger partial charge in [0.05, 0.1) is 0 Å². The standard InChI is InChI=1S/C6H16Ge/c1-5(2)6(3,4)7/h5H,1-4,7H3. The van der Waals surface area contributed by atoms with Gasteiger partial charge in [0.25, 0.3) is 0 Å². The minimum absolute atomic E-state index is 0.688. The molecule has 0 rings (SSSR count). The fourth-order valence-electron chi connectivity index (χ4n) is 0. The van der Waals surface area contributed by atoms with Crippen LogP contribution in [0.5, 0.6) is 0 Å². The van der Waals surface area contributed by atoms with Gasteiger partial charge in [-0.3, -0.25) is 0 Å². The number of hydrogen-bond donors (Lipinski definition) is 0. The molecule has 0 N–H and O–H groups in total. The Morgan fingerprint density at radius 1 is 1.29 bits per heavy atom. The van der Waals surface area contributed by atoms with Gasteiger partial charge in [0.1, 0.15) is 0 Å². The number of hydrogen-bond acceptors (Lipinski definition) is 0. The molecule has 0 saturated heterocycles. The molecule has 0 fully saturated rings. The van der Waals surface area contributed by atoms with Gasteiger partial charge in [-0.15, -0.1) is 0 Å². The Hall–Kier alpha value is 0.543. The van der Waals surface area contributed by atoms with Crippen LogP contribution >= 0.6 is 0 Å². The molecular weight excluding hydrogens is 145 g/mol. The molecule has 1 heteroatoms. The van der Waals surface area contributed by atoms with Crippen molar-refractivity contribution in [1.29, 1.82) is 0 Å². The summed E-state index contributed by atoms with van der Waals surface area (Å²) in [5.41, 5.74) is 0. The monoisotopic (exact) mass is 162 g/mol. The van der Waals surface area contributed by atoms with E-state index in [1.807, 2.05) is 0 Å². The van der Waals surface area contributed by atoms with E-state index >= 15 is 0 Å². The van der Waals surface area contributed by atoms with E-state index in [-0.39, 0.29) is 0 Å². The van der Waals surface area contributed by atoms with Crippen molar-refractivity contribution in [3.63, 3.8) is 0 Å². The van der Waals surface area contributed by atoms with E-state index in [1.165, 1.54) is 0 Å². The Morgan fingerprint density at radius 3 is 1.43 bits per heavy atom. The van der Waals surface area contributed by atoms with Crippen molar-refractivity contribution < 1.29 is 0 Å². The van der Waals surface area contributed by atoms with Crippen LogP contribution in [0.4, 0.5) is 0 Å². The first kappa shape index (κ1) is 7.54. The number of rotatable bonds is 1. The average molecular weight is 161 g/mol. The van der Waals surface area contributed by atoms with Gasteiger partial charge in [-0.25, -0.2) is 0 Å². The van der Waals surface area contributed by atoms with E-state index in [1.54, 1.807) is 0 Å². The first-order valence-electron chi connectivity index (χ1n) is 2.94. The van der Waals surface area contributed by atoms with Gasteiger partial charge in [0.15, 0.2) is 0 Å². The molecular formula is C6H16Ge. The van der Waals surface area contributed by atoms with E-state index in [9.17, 15) is 0 Å². The predicted molar refractivity (Wildman–Crippen MR) is 38.8 cm³/mol. The molecule has 0 radical (unpaired) electrons. The van der Waals surface area contributed by atoms with Gasteiger partial charge >= 0.3 is 54.4 Å². The van der Waals surface area contributed by atoms with Gasteiger partial charge in [0, 0.05) is 0 Å². The van der Waals surface area contributed by atoms with Crippen LogP contribution in [0.2, 0.25) is 4.25 Å². The molecule has 0 amide bonds. The molecule has 0 aromatic rings. The van der Waals surface area contributed by atoms with Crippen LogP contribution in [0.1, 0.15) is 27.7 Å². The fourth-order valence-corrected chi connectivity index (χ4v) is 0. The van der Waals surface area contributed by atoms with Crippen molar-refractivity contribution in [2.75, 3.05) is 0 Å². The molecule has 0 spiro atoms. The Balaban J connectivity index is 3.54. The van der Waals surface area contributed by atoms with Crippen LogP contribution in [-0.2, 0) is 0 Å². The topological polar surface area (TPSA) is 0 Å². The van der Waals surface area contributed by atoms with Gasteiger partial charge in [-0.05, 0) is 0 Å². The van der Waals surface area contributed by atoms with Crippen molar-refractivity contribution in [2.45, 2.75) is 31.9 Å². The molecule has 44 valence electrons. The molecule has 0 aromatic heterocycles. The van der Waals surface area contributed by atoms with Crippen LogP contribution in [-0.4, -0.2) is 16.5 Å². The van der Waals surface area contributed by atoms with E-state index in [0.29, 0.717) is 4.25 Å². The summed E-state index contributed by atoms with van der Waals surface area (Å²) >= 11 is 0.980. The molecule has 0 aliphatic heterocycles. The molecule has 0 bridgehead atoms. The Kier molecular flexibility index (Phi) is 2.38. The summed E-state index contributed by atoms with van der Waals surface area (Å²) in [7, 11) is 0. The van der Waals surface area contributed by atoms with Crippen LogP contribution < -0.4 is 0 Å². The summed E-state index contributed by atoms with van der Waals surface area (Å²) < 4.78 is 0.688. The second-order valence-corrected chi connectivity index (χ2v) is 8.93. The van der Waals surface area contributed by atoms with Crippen LogP contribution in [0.3, 0.4) is 0 Å². The van der Waals surface area contributed by atoms with Crippen LogP contribution in [0.25, 0.3) is 0 Å². The summed E-state index contributed by atoms with van der Waals surface area (Å²) in [6.45, 7) is 9.28. The second kappa shape index (κ2) is 2.21. The summed E-state index contributed by atoms with van der Waals surface area (Å²) in [5.74, 6) is 0.882.